The second-order valence-electron chi connectivity index (χ2n) is 5.05. The number of likely N-dealkylation sites (tertiary alicyclic amines) is 1. The molecule has 0 atom stereocenters. The lowest BCUT2D eigenvalue weighted by Crippen LogP contribution is -2.46. The van der Waals surface area contributed by atoms with E-state index in [4.69, 9.17) is 15.6 Å². The summed E-state index contributed by atoms with van der Waals surface area (Å²) < 4.78 is 5.21. The first kappa shape index (κ1) is 17.2. The Kier molecular flexibility index (Phi) is 7.52. The van der Waals surface area contributed by atoms with Gasteiger partial charge < -0.3 is 25.8 Å². The molecule has 3 amide bonds. The number of unbranched alkanes of at least 4 members (excludes halogenated alkanes) is 1. The van der Waals surface area contributed by atoms with Gasteiger partial charge in [0.25, 0.3) is 0 Å². The van der Waals surface area contributed by atoms with Gasteiger partial charge in [-0.2, -0.15) is 0 Å². The molecule has 1 aliphatic rings. The summed E-state index contributed by atoms with van der Waals surface area (Å²) in [5.41, 5.74) is 5.02. The van der Waals surface area contributed by atoms with Crippen LogP contribution in [0, 0.1) is 0 Å². The van der Waals surface area contributed by atoms with E-state index in [2.05, 4.69) is 5.32 Å². The number of piperidine rings is 1. The number of nitrogens with two attached hydrogens (primary N) is 1. The zero-order valence-corrected chi connectivity index (χ0v) is 12.0. The SMILES string of the molecule is NC(=O)CCCCNC(=O)N1CCC(OCC(=O)O)CC1. The molecule has 0 aromatic carbocycles. The molecule has 0 bridgehead atoms. The quantitative estimate of drug-likeness (QED) is 0.541. The summed E-state index contributed by atoms with van der Waals surface area (Å²) in [5, 5.41) is 11.3. The normalized spacial score (nSPS) is 15.7. The van der Waals surface area contributed by atoms with E-state index in [1.54, 1.807) is 4.90 Å². The second-order valence-corrected chi connectivity index (χ2v) is 5.05. The molecule has 8 heteroatoms. The van der Waals surface area contributed by atoms with Crippen LogP contribution in [0.25, 0.3) is 0 Å². The number of carbonyl (C=O) groups is 3. The highest BCUT2D eigenvalue weighted by atomic mass is 16.5. The Morgan fingerprint density at radius 1 is 1.24 bits per heavy atom. The number of ether oxygens (including phenoxy) is 1. The van der Waals surface area contributed by atoms with Gasteiger partial charge in [-0.15, -0.1) is 0 Å². The standard InChI is InChI=1S/C13H23N3O5/c14-11(17)3-1-2-6-15-13(20)16-7-4-10(5-8-16)21-9-12(18)19/h10H,1-9H2,(H2,14,17)(H,15,20)(H,18,19). The number of carboxylic acids is 1. The van der Waals surface area contributed by atoms with E-state index < -0.39 is 5.97 Å². The summed E-state index contributed by atoms with van der Waals surface area (Å²) in [6, 6.07) is -0.134. The zero-order chi connectivity index (χ0) is 15.7. The number of hydrogen-bond acceptors (Lipinski definition) is 4. The van der Waals surface area contributed by atoms with E-state index >= 15 is 0 Å². The number of hydrogen-bond donors (Lipinski definition) is 3. The first-order valence-corrected chi connectivity index (χ1v) is 7.13. The first-order valence-electron chi connectivity index (χ1n) is 7.13. The van der Waals surface area contributed by atoms with Crippen LogP contribution in [-0.2, 0) is 14.3 Å². The molecule has 1 fully saturated rings. The molecule has 4 N–H and O–H groups in total. The monoisotopic (exact) mass is 301 g/mol. The molecular formula is C13H23N3O5. The lowest BCUT2D eigenvalue weighted by molar-refractivity contribution is -0.145. The number of rotatable bonds is 8. The molecule has 0 aromatic heterocycles. The predicted octanol–water partition coefficient (Wildman–Crippen LogP) is -0.0828. The molecule has 120 valence electrons. The molecule has 0 spiro atoms. The highest BCUT2D eigenvalue weighted by Gasteiger charge is 2.23. The van der Waals surface area contributed by atoms with Crippen LogP contribution < -0.4 is 11.1 Å². The van der Waals surface area contributed by atoms with Gasteiger partial charge in [0, 0.05) is 26.1 Å². The number of carboxylic acid groups (broad SMARTS) is 1. The smallest absolute Gasteiger partial charge is 0.329 e. The summed E-state index contributed by atoms with van der Waals surface area (Å²) in [7, 11) is 0. The second kappa shape index (κ2) is 9.17. The average Bonchev–Trinajstić information content (AvgIpc) is 2.44. The summed E-state index contributed by atoms with van der Waals surface area (Å²) in [4.78, 5) is 34.5. The number of urea groups is 1. The van der Waals surface area contributed by atoms with Crippen molar-refractivity contribution in [2.75, 3.05) is 26.2 Å². The molecule has 1 rings (SSSR count). The maximum Gasteiger partial charge on any atom is 0.329 e. The molecule has 21 heavy (non-hydrogen) atoms. The third-order valence-electron chi connectivity index (χ3n) is 3.30. The van der Waals surface area contributed by atoms with E-state index in [0.717, 1.165) is 0 Å². The maximum absolute atomic E-state index is 11.9. The van der Waals surface area contributed by atoms with Crippen LogP contribution in [-0.4, -0.2) is 60.3 Å². The fourth-order valence-corrected chi connectivity index (χ4v) is 2.15. The van der Waals surface area contributed by atoms with Crippen molar-refractivity contribution in [2.24, 2.45) is 5.73 Å². The fraction of sp³-hybridized carbons (Fsp3) is 0.769. The third-order valence-corrected chi connectivity index (χ3v) is 3.30. The van der Waals surface area contributed by atoms with Gasteiger partial charge in [-0.05, 0) is 25.7 Å². The Labute approximate surface area is 123 Å². The highest BCUT2D eigenvalue weighted by Crippen LogP contribution is 2.13. The van der Waals surface area contributed by atoms with Crippen molar-refractivity contribution in [1.82, 2.24) is 10.2 Å². The van der Waals surface area contributed by atoms with Crippen molar-refractivity contribution in [2.45, 2.75) is 38.2 Å². The van der Waals surface area contributed by atoms with Gasteiger partial charge in [0.05, 0.1) is 6.10 Å². The van der Waals surface area contributed by atoms with Gasteiger partial charge in [-0.25, -0.2) is 9.59 Å². The van der Waals surface area contributed by atoms with E-state index in [1.807, 2.05) is 0 Å². The lowest BCUT2D eigenvalue weighted by Gasteiger charge is -2.31. The summed E-state index contributed by atoms with van der Waals surface area (Å²) in [6.07, 6.45) is 2.90. The Morgan fingerprint density at radius 2 is 1.90 bits per heavy atom. The minimum absolute atomic E-state index is 0.0966. The molecule has 0 aromatic rings. The van der Waals surface area contributed by atoms with E-state index in [1.165, 1.54) is 0 Å². The summed E-state index contributed by atoms with van der Waals surface area (Å²) in [5.74, 6) is -1.31. The van der Waals surface area contributed by atoms with Gasteiger partial charge >= 0.3 is 12.0 Å². The van der Waals surface area contributed by atoms with Crippen LogP contribution in [0.3, 0.4) is 0 Å². The number of nitrogens with zero attached hydrogens (tertiary/aromatic N) is 1. The van der Waals surface area contributed by atoms with Gasteiger partial charge in [-0.3, -0.25) is 4.79 Å². The molecule has 8 nitrogen and oxygen atoms in total. The number of aliphatic carboxylic acids is 1. The van der Waals surface area contributed by atoms with Gasteiger partial charge in [0.15, 0.2) is 0 Å². The van der Waals surface area contributed by atoms with Gasteiger partial charge in [0.2, 0.25) is 5.91 Å². The Bertz CT molecular complexity index is 367. The van der Waals surface area contributed by atoms with E-state index in [9.17, 15) is 14.4 Å². The molecule has 1 aliphatic heterocycles. The van der Waals surface area contributed by atoms with E-state index in [-0.39, 0.29) is 24.6 Å². The van der Waals surface area contributed by atoms with Crippen molar-refractivity contribution >= 4 is 17.9 Å². The minimum Gasteiger partial charge on any atom is -0.480 e. The van der Waals surface area contributed by atoms with Crippen molar-refractivity contribution in [3.63, 3.8) is 0 Å². The molecule has 0 unspecified atom stereocenters. The van der Waals surface area contributed by atoms with Crippen LogP contribution in [0.2, 0.25) is 0 Å². The van der Waals surface area contributed by atoms with Crippen LogP contribution >= 0.6 is 0 Å². The van der Waals surface area contributed by atoms with Crippen LogP contribution in [0.4, 0.5) is 4.79 Å². The molecule has 1 heterocycles. The Balaban J connectivity index is 2.11. The van der Waals surface area contributed by atoms with Crippen molar-refractivity contribution < 1.29 is 24.2 Å². The molecule has 0 saturated carbocycles. The number of amides is 3. The van der Waals surface area contributed by atoms with Gasteiger partial charge in [-0.1, -0.05) is 0 Å². The Morgan fingerprint density at radius 3 is 2.48 bits per heavy atom. The molecular weight excluding hydrogens is 278 g/mol. The summed E-state index contributed by atoms with van der Waals surface area (Å²) >= 11 is 0. The van der Waals surface area contributed by atoms with Gasteiger partial charge in [0.1, 0.15) is 6.61 Å². The number of primary amides is 1. The minimum atomic E-state index is -0.980. The maximum atomic E-state index is 11.9. The largest absolute Gasteiger partial charge is 0.480 e. The van der Waals surface area contributed by atoms with Crippen molar-refractivity contribution in [3.05, 3.63) is 0 Å². The van der Waals surface area contributed by atoms with Crippen molar-refractivity contribution in [3.8, 4) is 0 Å². The molecule has 1 saturated heterocycles. The van der Waals surface area contributed by atoms with Crippen molar-refractivity contribution in [1.29, 1.82) is 0 Å². The molecule has 0 aliphatic carbocycles. The topological polar surface area (TPSA) is 122 Å². The lowest BCUT2D eigenvalue weighted by atomic mass is 10.1. The van der Waals surface area contributed by atoms with E-state index in [0.29, 0.717) is 51.7 Å². The van der Waals surface area contributed by atoms with Crippen LogP contribution in [0.5, 0.6) is 0 Å². The number of nitrogens with one attached hydrogen (secondary N) is 1. The summed E-state index contributed by atoms with van der Waals surface area (Å²) in [6.45, 7) is 1.33. The Hall–Kier alpha value is -1.83. The predicted molar refractivity (Wildman–Crippen MR) is 74.6 cm³/mol. The third kappa shape index (κ3) is 7.50. The number of carbonyl (C=O) groups excluding carboxylic acids is 2. The molecule has 0 radical (unpaired) electrons. The zero-order valence-electron chi connectivity index (χ0n) is 12.0. The highest BCUT2D eigenvalue weighted by molar-refractivity contribution is 5.74. The first-order chi connectivity index (χ1) is 9.99. The van der Waals surface area contributed by atoms with Crippen LogP contribution in [0.15, 0.2) is 0 Å². The average molecular weight is 301 g/mol. The van der Waals surface area contributed by atoms with Crippen LogP contribution in [0.1, 0.15) is 32.1 Å². The fourth-order valence-electron chi connectivity index (χ4n) is 2.15.